The number of amides is 2. The minimum absolute atomic E-state index is 0.230. The third-order valence-corrected chi connectivity index (χ3v) is 8.66. The molecular weight excluding hydrogens is 600 g/mol. The molecular formula is C34H34F4N6O2. The Morgan fingerprint density at radius 2 is 1.65 bits per heavy atom. The second kappa shape index (κ2) is 12.7. The second-order valence-corrected chi connectivity index (χ2v) is 11.7. The zero-order valence-corrected chi connectivity index (χ0v) is 25.5. The lowest BCUT2D eigenvalue weighted by Crippen LogP contribution is -2.55. The number of carbonyl (C=O) groups is 2. The Bertz CT molecular complexity index is 1720. The summed E-state index contributed by atoms with van der Waals surface area (Å²) in [5.41, 5.74) is 1.49. The summed E-state index contributed by atoms with van der Waals surface area (Å²) in [6, 6.07) is 18.0. The van der Waals surface area contributed by atoms with Crippen molar-refractivity contribution in [1.82, 2.24) is 24.9 Å². The number of nitrogens with zero attached hydrogens (tertiary/aromatic N) is 5. The van der Waals surface area contributed by atoms with Gasteiger partial charge in [-0.05, 0) is 62.0 Å². The van der Waals surface area contributed by atoms with Crippen molar-refractivity contribution in [2.75, 3.05) is 44.7 Å². The van der Waals surface area contributed by atoms with Gasteiger partial charge in [0.25, 0.3) is 11.8 Å². The first-order valence-corrected chi connectivity index (χ1v) is 15.2. The number of rotatable bonds is 7. The molecule has 2 aliphatic heterocycles. The Kier molecular flexibility index (Phi) is 8.67. The fourth-order valence-electron chi connectivity index (χ4n) is 6.25. The molecule has 46 heavy (non-hydrogen) atoms. The molecule has 12 heteroatoms. The van der Waals surface area contributed by atoms with Crippen molar-refractivity contribution in [2.24, 2.45) is 0 Å². The molecule has 1 fully saturated rings. The SMILES string of the molecule is CCN1C(=O)C(NC(=O)c2cccc(C(F)(F)F)c2)C(c2ccc(F)cc2)c2c(CN3CCN(C)CC3)nn(-c3ccccc3)c21. The molecule has 0 spiro atoms. The summed E-state index contributed by atoms with van der Waals surface area (Å²) in [7, 11) is 2.07. The smallest absolute Gasteiger partial charge is 0.339 e. The van der Waals surface area contributed by atoms with Gasteiger partial charge in [-0.25, -0.2) is 9.07 Å². The number of benzene rings is 3. The van der Waals surface area contributed by atoms with E-state index in [4.69, 9.17) is 5.10 Å². The highest BCUT2D eigenvalue weighted by Crippen LogP contribution is 2.44. The van der Waals surface area contributed by atoms with Crippen LogP contribution in [0.5, 0.6) is 0 Å². The fraction of sp³-hybridized carbons (Fsp3) is 0.324. The van der Waals surface area contributed by atoms with Crippen molar-refractivity contribution in [3.63, 3.8) is 0 Å². The number of aromatic nitrogens is 2. The number of carbonyl (C=O) groups excluding carboxylic acids is 2. The Labute approximate surface area is 264 Å². The molecule has 0 bridgehead atoms. The summed E-state index contributed by atoms with van der Waals surface area (Å²) >= 11 is 0. The summed E-state index contributed by atoms with van der Waals surface area (Å²) in [5.74, 6) is -2.01. The van der Waals surface area contributed by atoms with Gasteiger partial charge in [0, 0.05) is 56.3 Å². The number of hydrogen-bond donors (Lipinski definition) is 1. The highest BCUT2D eigenvalue weighted by atomic mass is 19.4. The van der Waals surface area contributed by atoms with E-state index in [0.29, 0.717) is 29.2 Å². The average Bonchev–Trinajstić information content (AvgIpc) is 3.41. The van der Waals surface area contributed by atoms with Crippen LogP contribution >= 0.6 is 0 Å². The maximum Gasteiger partial charge on any atom is 0.416 e. The molecule has 3 heterocycles. The molecule has 3 aromatic carbocycles. The van der Waals surface area contributed by atoms with Crippen LogP contribution in [-0.2, 0) is 17.5 Å². The van der Waals surface area contributed by atoms with Gasteiger partial charge in [-0.15, -0.1) is 0 Å². The standard InChI is InChI=1S/C34H34F4N6O2/c1-3-43-32-29(27(21-42-18-16-41(2)17-19-42)40-44(32)26-10-5-4-6-11-26)28(22-12-14-25(35)15-13-22)30(33(43)46)39-31(45)23-8-7-9-24(20-23)34(36,37)38/h4-15,20,28,30H,3,16-19,21H2,1-2H3,(H,39,45). The highest BCUT2D eigenvalue weighted by Gasteiger charge is 2.46. The predicted molar refractivity (Wildman–Crippen MR) is 165 cm³/mol. The van der Waals surface area contributed by atoms with E-state index in [-0.39, 0.29) is 12.1 Å². The minimum atomic E-state index is -4.65. The Morgan fingerprint density at radius 3 is 2.30 bits per heavy atom. The van der Waals surface area contributed by atoms with Crippen molar-refractivity contribution in [1.29, 1.82) is 0 Å². The van der Waals surface area contributed by atoms with Crippen LogP contribution < -0.4 is 10.2 Å². The lowest BCUT2D eigenvalue weighted by Gasteiger charge is -2.39. The van der Waals surface area contributed by atoms with E-state index in [9.17, 15) is 27.2 Å². The lowest BCUT2D eigenvalue weighted by molar-refractivity contribution is -0.137. The van der Waals surface area contributed by atoms with Crippen LogP contribution in [0.15, 0.2) is 78.9 Å². The second-order valence-electron chi connectivity index (χ2n) is 11.7. The monoisotopic (exact) mass is 634 g/mol. The Morgan fingerprint density at radius 1 is 0.957 bits per heavy atom. The van der Waals surface area contributed by atoms with Crippen LogP contribution in [0.1, 0.15) is 45.6 Å². The van der Waals surface area contributed by atoms with E-state index < -0.39 is 41.3 Å². The van der Waals surface area contributed by atoms with Crippen molar-refractivity contribution >= 4 is 17.6 Å². The summed E-state index contributed by atoms with van der Waals surface area (Å²) < 4.78 is 56.4. The van der Waals surface area contributed by atoms with Crippen LogP contribution in [-0.4, -0.2) is 77.2 Å². The third-order valence-electron chi connectivity index (χ3n) is 8.66. The van der Waals surface area contributed by atoms with Gasteiger partial charge in [-0.3, -0.25) is 19.4 Å². The molecule has 0 radical (unpaired) electrons. The van der Waals surface area contributed by atoms with Crippen molar-refractivity contribution in [2.45, 2.75) is 31.6 Å². The largest absolute Gasteiger partial charge is 0.416 e. The van der Waals surface area contributed by atoms with Crippen LogP contribution in [0.3, 0.4) is 0 Å². The molecule has 2 atom stereocenters. The molecule has 8 nitrogen and oxygen atoms in total. The van der Waals surface area contributed by atoms with E-state index >= 15 is 0 Å². The molecule has 6 rings (SSSR count). The molecule has 2 aliphatic rings. The van der Waals surface area contributed by atoms with E-state index in [1.54, 1.807) is 21.7 Å². The van der Waals surface area contributed by atoms with Crippen molar-refractivity contribution < 1.29 is 27.2 Å². The van der Waals surface area contributed by atoms with Gasteiger partial charge in [0.1, 0.15) is 17.7 Å². The van der Waals surface area contributed by atoms with Crippen LogP contribution in [0.25, 0.3) is 5.69 Å². The normalized spacial score (nSPS) is 19.3. The van der Waals surface area contributed by atoms with Gasteiger partial charge < -0.3 is 10.2 Å². The number of anilines is 1. The number of halogens is 4. The summed E-state index contributed by atoms with van der Waals surface area (Å²) in [6.07, 6.45) is -4.65. The highest BCUT2D eigenvalue weighted by molar-refractivity contribution is 6.05. The third kappa shape index (κ3) is 6.14. The van der Waals surface area contributed by atoms with Crippen LogP contribution in [0.2, 0.25) is 0 Å². The topological polar surface area (TPSA) is 73.7 Å². The summed E-state index contributed by atoms with van der Waals surface area (Å²) in [6.45, 7) is 5.87. The lowest BCUT2D eigenvalue weighted by atomic mass is 9.80. The zero-order chi connectivity index (χ0) is 32.6. The molecule has 2 unspecified atom stereocenters. The number of nitrogens with one attached hydrogen (secondary N) is 1. The molecule has 240 valence electrons. The maximum absolute atomic E-state index is 14.4. The molecule has 1 aromatic heterocycles. The Balaban J connectivity index is 1.51. The molecule has 0 aliphatic carbocycles. The van der Waals surface area contributed by atoms with Gasteiger partial charge in [0.2, 0.25) is 0 Å². The number of likely N-dealkylation sites (N-methyl/N-ethyl adjacent to an activating group) is 2. The number of para-hydroxylation sites is 1. The number of piperazine rings is 1. The van der Waals surface area contributed by atoms with Gasteiger partial charge in [-0.2, -0.15) is 18.3 Å². The van der Waals surface area contributed by atoms with Crippen molar-refractivity contribution in [3.05, 3.63) is 113 Å². The average molecular weight is 635 g/mol. The van der Waals surface area contributed by atoms with E-state index in [2.05, 4.69) is 22.2 Å². The quantitative estimate of drug-likeness (QED) is 0.288. The van der Waals surface area contributed by atoms with Gasteiger partial charge in [0.15, 0.2) is 0 Å². The molecule has 1 N–H and O–H groups in total. The van der Waals surface area contributed by atoms with E-state index in [1.165, 1.54) is 18.2 Å². The van der Waals surface area contributed by atoms with E-state index in [0.717, 1.165) is 50.1 Å². The predicted octanol–water partition coefficient (Wildman–Crippen LogP) is 5.07. The first-order valence-electron chi connectivity index (χ1n) is 15.2. The number of alkyl halides is 3. The molecule has 0 saturated carbocycles. The molecule has 4 aromatic rings. The zero-order valence-electron chi connectivity index (χ0n) is 25.5. The molecule has 1 saturated heterocycles. The summed E-state index contributed by atoms with van der Waals surface area (Å²) in [5, 5.41) is 7.84. The van der Waals surface area contributed by atoms with Gasteiger partial charge in [0.05, 0.1) is 16.9 Å². The maximum atomic E-state index is 14.4. The number of hydrogen-bond acceptors (Lipinski definition) is 5. The fourth-order valence-corrected chi connectivity index (χ4v) is 6.25. The van der Waals surface area contributed by atoms with E-state index in [1.807, 2.05) is 37.3 Å². The van der Waals surface area contributed by atoms with Gasteiger partial charge >= 0.3 is 6.18 Å². The van der Waals surface area contributed by atoms with Crippen LogP contribution in [0.4, 0.5) is 23.4 Å². The summed E-state index contributed by atoms with van der Waals surface area (Å²) in [4.78, 5) is 34.1. The van der Waals surface area contributed by atoms with Gasteiger partial charge in [-0.1, -0.05) is 36.4 Å². The Hall–Kier alpha value is -4.55. The molecule has 2 amide bonds. The van der Waals surface area contributed by atoms with Crippen molar-refractivity contribution in [3.8, 4) is 5.69 Å². The van der Waals surface area contributed by atoms with Crippen LogP contribution in [0, 0.1) is 5.82 Å². The first-order chi connectivity index (χ1) is 22.0. The first kappa shape index (κ1) is 31.4. The minimum Gasteiger partial charge on any atom is -0.339 e. The number of fused-ring (bicyclic) bond motifs is 1.